The lowest BCUT2D eigenvalue weighted by molar-refractivity contribution is -0.110. The Morgan fingerprint density at radius 2 is 1.77 bits per heavy atom. The number of rotatable bonds is 5. The summed E-state index contributed by atoms with van der Waals surface area (Å²) in [5.41, 5.74) is 4.22. The van der Waals surface area contributed by atoms with Crippen molar-refractivity contribution in [1.82, 2.24) is 4.90 Å². The Labute approximate surface area is 205 Å². The van der Waals surface area contributed by atoms with Crippen molar-refractivity contribution in [1.29, 1.82) is 0 Å². The summed E-state index contributed by atoms with van der Waals surface area (Å²) in [5, 5.41) is 2.97. The van der Waals surface area contributed by atoms with Gasteiger partial charge in [0.1, 0.15) is 11.5 Å². The normalized spacial score (nSPS) is 20.9. The monoisotopic (exact) mass is 481 g/mol. The van der Waals surface area contributed by atoms with E-state index in [0.29, 0.717) is 22.6 Å². The number of piperazine rings is 1. The summed E-state index contributed by atoms with van der Waals surface area (Å²) in [4.78, 5) is 24.6. The van der Waals surface area contributed by atoms with Crippen LogP contribution in [-0.2, 0) is 14.3 Å². The van der Waals surface area contributed by atoms with Crippen LogP contribution >= 0.6 is 0 Å². The number of morpholine rings is 1. The van der Waals surface area contributed by atoms with Crippen LogP contribution in [0.15, 0.2) is 41.4 Å². The topological polar surface area (TPSA) is 69.6 Å². The summed E-state index contributed by atoms with van der Waals surface area (Å²) in [6, 6.07) is 10.8. The van der Waals surface area contributed by atoms with Gasteiger partial charge in [-0.25, -0.2) is 9.38 Å². The van der Waals surface area contributed by atoms with Crippen LogP contribution in [0.25, 0.3) is 0 Å². The maximum atomic E-state index is 14.6. The van der Waals surface area contributed by atoms with Gasteiger partial charge in [-0.2, -0.15) is 0 Å². The van der Waals surface area contributed by atoms with Gasteiger partial charge in [0.25, 0.3) is 5.91 Å². The van der Waals surface area contributed by atoms with Gasteiger partial charge in [0.15, 0.2) is 0 Å². The first-order valence-electron chi connectivity index (χ1n) is 12.1. The van der Waals surface area contributed by atoms with Crippen LogP contribution in [0.2, 0.25) is 0 Å². The van der Waals surface area contributed by atoms with Gasteiger partial charge in [-0.1, -0.05) is 0 Å². The number of carbonyl (C=O) groups excluding carboxylic acids is 1. The lowest BCUT2D eigenvalue weighted by Gasteiger charge is -2.36. The number of benzene rings is 2. The zero-order valence-corrected chi connectivity index (χ0v) is 20.3. The molecule has 1 N–H and O–H groups in total. The highest BCUT2D eigenvalue weighted by Gasteiger charge is 2.31. The SMILES string of the molecule is COC1CC(C(=O)Nc2ccc(N3CCOCC3)cc2)=Nc2c1cc(F)cc2N1CCN(C)CC1. The average Bonchev–Trinajstić information content (AvgIpc) is 2.89. The van der Waals surface area contributed by atoms with E-state index in [4.69, 9.17) is 14.5 Å². The molecule has 0 spiro atoms. The third kappa shape index (κ3) is 5.17. The fourth-order valence-corrected chi connectivity index (χ4v) is 4.86. The zero-order chi connectivity index (χ0) is 24.4. The Balaban J connectivity index is 1.38. The van der Waals surface area contributed by atoms with Crippen LogP contribution < -0.4 is 15.1 Å². The summed E-state index contributed by atoms with van der Waals surface area (Å²) in [7, 11) is 3.66. The maximum Gasteiger partial charge on any atom is 0.270 e. The molecule has 1 unspecified atom stereocenters. The molecule has 1 atom stereocenters. The molecule has 2 aromatic carbocycles. The van der Waals surface area contributed by atoms with E-state index in [2.05, 4.69) is 27.1 Å². The standard InChI is InChI=1S/C26H32FN5O3/c1-30-7-9-32(10-8-30)23-16-18(27)15-21-24(34-2)17-22(29-25(21)23)26(33)28-19-3-5-20(6-4-19)31-11-13-35-14-12-31/h3-6,15-16,24H,7-14,17H2,1-2H3,(H,28,33). The van der Waals surface area contributed by atoms with Crippen molar-refractivity contribution in [2.75, 3.05) is 81.8 Å². The molecule has 0 saturated carbocycles. The van der Waals surface area contributed by atoms with Crippen molar-refractivity contribution in [3.05, 3.63) is 47.8 Å². The van der Waals surface area contributed by atoms with Crippen molar-refractivity contribution >= 4 is 34.4 Å². The summed E-state index contributed by atoms with van der Waals surface area (Å²) in [6.07, 6.45) is -0.152. The summed E-state index contributed by atoms with van der Waals surface area (Å²) < 4.78 is 25.7. The molecule has 1 amide bonds. The molecule has 8 nitrogen and oxygen atoms in total. The quantitative estimate of drug-likeness (QED) is 0.707. The molecule has 35 heavy (non-hydrogen) atoms. The van der Waals surface area contributed by atoms with Crippen molar-refractivity contribution < 1.29 is 18.7 Å². The Morgan fingerprint density at radius 3 is 2.46 bits per heavy atom. The van der Waals surface area contributed by atoms with Crippen LogP contribution in [0.5, 0.6) is 0 Å². The van der Waals surface area contributed by atoms with Crippen LogP contribution in [-0.4, -0.2) is 83.2 Å². The number of ether oxygens (including phenoxy) is 2. The first kappa shape index (κ1) is 23.7. The molecule has 0 radical (unpaired) electrons. The third-order valence-electron chi connectivity index (χ3n) is 6.95. The molecule has 0 aromatic heterocycles. The van der Waals surface area contributed by atoms with Crippen LogP contribution in [0.3, 0.4) is 0 Å². The maximum absolute atomic E-state index is 14.6. The second kappa shape index (κ2) is 10.3. The average molecular weight is 482 g/mol. The summed E-state index contributed by atoms with van der Waals surface area (Å²) in [6.45, 7) is 6.48. The number of likely N-dealkylation sites (N-methyl/N-ethyl adjacent to an activating group) is 1. The fraction of sp³-hybridized carbons (Fsp3) is 0.462. The summed E-state index contributed by atoms with van der Waals surface area (Å²) >= 11 is 0. The highest BCUT2D eigenvalue weighted by molar-refractivity contribution is 6.44. The largest absolute Gasteiger partial charge is 0.378 e. The molecule has 3 aliphatic rings. The Kier molecular flexibility index (Phi) is 6.99. The predicted octanol–water partition coefficient (Wildman–Crippen LogP) is 3.22. The van der Waals surface area contributed by atoms with Gasteiger partial charge in [0.05, 0.1) is 30.7 Å². The molecule has 186 valence electrons. The molecule has 3 aliphatic heterocycles. The Hall–Kier alpha value is -3.01. The van der Waals surface area contributed by atoms with E-state index < -0.39 is 6.10 Å². The lowest BCUT2D eigenvalue weighted by atomic mass is 9.96. The van der Waals surface area contributed by atoms with Crippen LogP contribution in [0.4, 0.5) is 27.1 Å². The number of carbonyl (C=O) groups is 1. The van der Waals surface area contributed by atoms with Crippen molar-refractivity contribution in [2.24, 2.45) is 4.99 Å². The van der Waals surface area contributed by atoms with Gasteiger partial charge in [0, 0.05) is 69.7 Å². The molecular weight excluding hydrogens is 449 g/mol. The number of amides is 1. The molecule has 2 aromatic rings. The predicted molar refractivity (Wildman–Crippen MR) is 136 cm³/mol. The zero-order valence-electron chi connectivity index (χ0n) is 20.3. The number of fused-ring (bicyclic) bond motifs is 1. The van der Waals surface area contributed by atoms with E-state index in [1.54, 1.807) is 7.11 Å². The molecule has 5 rings (SSSR count). The first-order valence-corrected chi connectivity index (χ1v) is 12.1. The minimum atomic E-state index is -0.436. The van der Waals surface area contributed by atoms with E-state index in [0.717, 1.165) is 63.9 Å². The first-order chi connectivity index (χ1) is 17.0. The second-order valence-electron chi connectivity index (χ2n) is 9.24. The van der Waals surface area contributed by atoms with Crippen LogP contribution in [0, 0.1) is 5.82 Å². The third-order valence-corrected chi connectivity index (χ3v) is 6.95. The molecule has 9 heteroatoms. The van der Waals surface area contributed by atoms with Gasteiger partial charge >= 0.3 is 0 Å². The van der Waals surface area contributed by atoms with Gasteiger partial charge in [-0.05, 0) is 43.4 Å². The molecule has 2 fully saturated rings. The number of nitrogens with one attached hydrogen (secondary N) is 1. The molecule has 0 bridgehead atoms. The van der Waals surface area contributed by atoms with Gasteiger partial charge in [-0.3, -0.25) is 4.79 Å². The number of hydrogen-bond acceptors (Lipinski definition) is 7. The van der Waals surface area contributed by atoms with E-state index in [9.17, 15) is 9.18 Å². The molecule has 0 aliphatic carbocycles. The van der Waals surface area contributed by atoms with Crippen LogP contribution in [0.1, 0.15) is 18.1 Å². The highest BCUT2D eigenvalue weighted by Crippen LogP contribution is 2.43. The Bertz CT molecular complexity index is 1090. The van der Waals surface area contributed by atoms with Crippen molar-refractivity contribution in [3.63, 3.8) is 0 Å². The molecule has 2 saturated heterocycles. The lowest BCUT2D eigenvalue weighted by Crippen LogP contribution is -2.44. The Morgan fingerprint density at radius 1 is 1.06 bits per heavy atom. The molecule has 3 heterocycles. The van der Waals surface area contributed by atoms with E-state index in [1.165, 1.54) is 12.1 Å². The number of anilines is 3. The fourth-order valence-electron chi connectivity index (χ4n) is 4.86. The van der Waals surface area contributed by atoms with Gasteiger partial charge in [-0.15, -0.1) is 0 Å². The second-order valence-corrected chi connectivity index (χ2v) is 9.24. The van der Waals surface area contributed by atoms with Crippen molar-refractivity contribution in [3.8, 4) is 0 Å². The van der Waals surface area contributed by atoms with E-state index in [-0.39, 0.29) is 18.1 Å². The highest BCUT2D eigenvalue weighted by atomic mass is 19.1. The van der Waals surface area contributed by atoms with Gasteiger partial charge in [0.2, 0.25) is 0 Å². The smallest absolute Gasteiger partial charge is 0.270 e. The summed E-state index contributed by atoms with van der Waals surface area (Å²) in [5.74, 6) is -0.589. The number of methoxy groups -OCH3 is 1. The van der Waals surface area contributed by atoms with Crippen molar-refractivity contribution in [2.45, 2.75) is 12.5 Å². The number of hydrogen-bond donors (Lipinski definition) is 1. The minimum Gasteiger partial charge on any atom is -0.378 e. The van der Waals surface area contributed by atoms with E-state index >= 15 is 0 Å². The number of nitrogens with zero attached hydrogens (tertiary/aromatic N) is 4. The number of aliphatic imine (C=N–C) groups is 1. The molecular formula is C26H32FN5O3. The minimum absolute atomic E-state index is 0.273. The van der Waals surface area contributed by atoms with Gasteiger partial charge < -0.3 is 29.5 Å². The van der Waals surface area contributed by atoms with E-state index in [1.807, 2.05) is 24.3 Å². The number of halogens is 1.